The van der Waals surface area contributed by atoms with Gasteiger partial charge in [-0.15, -0.1) is 11.6 Å². The van der Waals surface area contributed by atoms with Gasteiger partial charge in [0.2, 0.25) is 10.0 Å². The molecule has 0 spiro atoms. The van der Waals surface area contributed by atoms with E-state index < -0.39 is 14.8 Å². The van der Waals surface area contributed by atoms with Gasteiger partial charge in [0, 0.05) is 13.0 Å². The molecule has 0 heterocycles. The summed E-state index contributed by atoms with van der Waals surface area (Å²) < 4.78 is 29.9. The van der Waals surface area contributed by atoms with Crippen LogP contribution in [0, 0.1) is 0 Å². The summed E-state index contributed by atoms with van der Waals surface area (Å²) in [7, 11) is -1.84. The Morgan fingerprint density at radius 2 is 1.93 bits per heavy atom. The van der Waals surface area contributed by atoms with E-state index in [9.17, 15) is 8.42 Å². The van der Waals surface area contributed by atoms with Crippen molar-refractivity contribution in [2.24, 2.45) is 0 Å². The maximum absolute atomic E-state index is 11.7. The highest BCUT2D eigenvalue weighted by molar-refractivity contribution is 7.90. The summed E-state index contributed by atoms with van der Waals surface area (Å²) in [6.45, 7) is 5.17. The number of halogens is 1. The van der Waals surface area contributed by atoms with E-state index in [0.29, 0.717) is 0 Å². The lowest BCUT2D eigenvalue weighted by Gasteiger charge is -2.23. The van der Waals surface area contributed by atoms with E-state index in [1.54, 1.807) is 20.8 Å². The zero-order chi connectivity index (χ0) is 11.4. The number of nitrogens with one attached hydrogen (secondary N) is 1. The molecule has 0 radical (unpaired) electrons. The number of methoxy groups -OCH3 is 1. The van der Waals surface area contributed by atoms with E-state index in [0.717, 1.165) is 0 Å². The van der Waals surface area contributed by atoms with Crippen molar-refractivity contribution in [3.63, 3.8) is 0 Å². The predicted molar refractivity (Wildman–Crippen MR) is 58.2 cm³/mol. The Hall–Kier alpha value is 0.160. The number of ether oxygens (including phenoxy) is 1. The van der Waals surface area contributed by atoms with Gasteiger partial charge in [0.15, 0.2) is 0 Å². The molecule has 1 unspecified atom stereocenters. The van der Waals surface area contributed by atoms with Gasteiger partial charge < -0.3 is 4.74 Å². The van der Waals surface area contributed by atoms with Crippen molar-refractivity contribution in [3.05, 3.63) is 0 Å². The van der Waals surface area contributed by atoms with Crippen LogP contribution in [0.4, 0.5) is 0 Å². The fourth-order valence-corrected chi connectivity index (χ4v) is 1.91. The Morgan fingerprint density at radius 3 is 2.21 bits per heavy atom. The number of sulfonamides is 1. The number of hydrogen-bond donors (Lipinski definition) is 1. The quantitative estimate of drug-likeness (QED) is 0.732. The second-order valence-corrected chi connectivity index (χ2v) is 6.82. The molecule has 14 heavy (non-hydrogen) atoms. The van der Waals surface area contributed by atoms with Gasteiger partial charge in [0.05, 0.1) is 17.4 Å². The second kappa shape index (κ2) is 5.30. The highest BCUT2D eigenvalue weighted by Crippen LogP contribution is 2.13. The van der Waals surface area contributed by atoms with Crippen molar-refractivity contribution < 1.29 is 13.2 Å². The predicted octanol–water partition coefficient (Wildman–Crippen LogP) is 0.958. The molecule has 6 heteroatoms. The first-order valence-corrected chi connectivity index (χ1v) is 6.33. The molecule has 0 aromatic rings. The van der Waals surface area contributed by atoms with Gasteiger partial charge in [-0.25, -0.2) is 13.1 Å². The summed E-state index contributed by atoms with van der Waals surface area (Å²) >= 11 is 5.60. The van der Waals surface area contributed by atoms with E-state index in [1.807, 2.05) is 0 Å². The van der Waals surface area contributed by atoms with Crippen molar-refractivity contribution in [1.29, 1.82) is 0 Å². The molecule has 0 bridgehead atoms. The van der Waals surface area contributed by atoms with Crippen molar-refractivity contribution in [2.75, 3.05) is 19.6 Å². The molecule has 0 aliphatic rings. The molecule has 86 valence electrons. The Balaban J connectivity index is 4.49. The lowest BCUT2D eigenvalue weighted by Crippen LogP contribution is -2.47. The average molecular weight is 244 g/mol. The van der Waals surface area contributed by atoms with Crippen LogP contribution in [0.1, 0.15) is 20.8 Å². The first kappa shape index (κ1) is 14.2. The monoisotopic (exact) mass is 243 g/mol. The molecule has 0 saturated heterocycles. The first-order valence-electron chi connectivity index (χ1n) is 4.31. The van der Waals surface area contributed by atoms with Gasteiger partial charge in [0.1, 0.15) is 0 Å². The molecule has 0 amide bonds. The largest absolute Gasteiger partial charge is 0.383 e. The molecule has 0 aliphatic heterocycles. The van der Waals surface area contributed by atoms with Crippen molar-refractivity contribution >= 4 is 21.6 Å². The maximum atomic E-state index is 11.7. The molecule has 1 atom stereocenters. The van der Waals surface area contributed by atoms with Crippen molar-refractivity contribution in [2.45, 2.75) is 31.6 Å². The first-order chi connectivity index (χ1) is 6.24. The van der Waals surface area contributed by atoms with Gasteiger partial charge in [-0.2, -0.15) is 0 Å². The van der Waals surface area contributed by atoms with E-state index in [2.05, 4.69) is 4.72 Å². The van der Waals surface area contributed by atoms with E-state index in [4.69, 9.17) is 16.3 Å². The third-order valence-electron chi connectivity index (χ3n) is 1.68. The highest BCUT2D eigenvalue weighted by Gasteiger charge is 2.30. The lowest BCUT2D eigenvalue weighted by atomic mass is 10.3. The summed E-state index contributed by atoms with van der Waals surface area (Å²) in [6.07, 6.45) is 0. The van der Waals surface area contributed by atoms with E-state index in [1.165, 1.54) is 7.11 Å². The topological polar surface area (TPSA) is 55.4 Å². The van der Waals surface area contributed by atoms with E-state index >= 15 is 0 Å². The summed E-state index contributed by atoms with van der Waals surface area (Å²) in [6, 6.07) is -0.370. The second-order valence-electron chi connectivity index (χ2n) is 4.04. The van der Waals surface area contributed by atoms with Crippen LogP contribution in [-0.4, -0.2) is 38.8 Å². The Bertz CT molecular complexity index is 258. The zero-order valence-electron chi connectivity index (χ0n) is 9.00. The fraction of sp³-hybridized carbons (Fsp3) is 1.00. The molecule has 0 rings (SSSR count). The van der Waals surface area contributed by atoms with Crippen LogP contribution < -0.4 is 4.72 Å². The third-order valence-corrected chi connectivity index (χ3v) is 4.31. The average Bonchev–Trinajstić information content (AvgIpc) is 2.01. The van der Waals surface area contributed by atoms with Crippen LogP contribution in [0.5, 0.6) is 0 Å². The minimum absolute atomic E-state index is 0.198. The third kappa shape index (κ3) is 4.13. The fourth-order valence-electron chi connectivity index (χ4n) is 0.707. The Morgan fingerprint density at radius 1 is 1.43 bits per heavy atom. The Labute approximate surface area is 91.0 Å². The van der Waals surface area contributed by atoms with Gasteiger partial charge in [-0.3, -0.25) is 0 Å². The number of alkyl halides is 1. The van der Waals surface area contributed by atoms with E-state index in [-0.39, 0.29) is 18.5 Å². The van der Waals surface area contributed by atoms with Crippen LogP contribution in [-0.2, 0) is 14.8 Å². The molecule has 0 saturated carbocycles. The number of hydrogen-bond acceptors (Lipinski definition) is 3. The van der Waals surface area contributed by atoms with Gasteiger partial charge in [-0.1, -0.05) is 0 Å². The SMILES string of the molecule is COCC(CCl)NS(=O)(=O)C(C)(C)C. The van der Waals surface area contributed by atoms with Crippen LogP contribution in [0.25, 0.3) is 0 Å². The molecule has 4 nitrogen and oxygen atoms in total. The molecule has 0 aromatic carbocycles. The number of rotatable bonds is 5. The summed E-state index contributed by atoms with van der Waals surface area (Å²) in [5, 5.41) is 0. The van der Waals surface area contributed by atoms with Crippen LogP contribution in [0.15, 0.2) is 0 Å². The molecular weight excluding hydrogens is 226 g/mol. The normalized spacial score (nSPS) is 15.5. The van der Waals surface area contributed by atoms with Gasteiger partial charge in [-0.05, 0) is 20.8 Å². The smallest absolute Gasteiger partial charge is 0.216 e. The summed E-state index contributed by atoms with van der Waals surface area (Å²) in [5.74, 6) is 0.198. The minimum Gasteiger partial charge on any atom is -0.383 e. The Kier molecular flexibility index (Phi) is 5.36. The standard InChI is InChI=1S/C8H18ClNO3S/c1-8(2,3)14(11,12)10-7(5-9)6-13-4/h7,10H,5-6H2,1-4H3. The zero-order valence-corrected chi connectivity index (χ0v) is 10.6. The van der Waals surface area contributed by atoms with Crippen molar-refractivity contribution in [1.82, 2.24) is 4.72 Å². The van der Waals surface area contributed by atoms with Crippen LogP contribution >= 0.6 is 11.6 Å². The molecular formula is C8H18ClNO3S. The molecule has 1 N–H and O–H groups in total. The maximum Gasteiger partial charge on any atom is 0.216 e. The minimum atomic E-state index is -3.35. The summed E-state index contributed by atoms with van der Waals surface area (Å²) in [5.41, 5.74) is 0. The summed E-state index contributed by atoms with van der Waals surface area (Å²) in [4.78, 5) is 0. The van der Waals surface area contributed by atoms with Crippen molar-refractivity contribution in [3.8, 4) is 0 Å². The highest BCUT2D eigenvalue weighted by atomic mass is 35.5. The van der Waals surface area contributed by atoms with Crippen LogP contribution in [0.2, 0.25) is 0 Å². The lowest BCUT2D eigenvalue weighted by molar-refractivity contribution is 0.181. The molecule has 0 aliphatic carbocycles. The molecule has 0 fully saturated rings. The van der Waals surface area contributed by atoms with Gasteiger partial charge >= 0.3 is 0 Å². The molecule has 0 aromatic heterocycles. The van der Waals surface area contributed by atoms with Crippen LogP contribution in [0.3, 0.4) is 0 Å². The van der Waals surface area contributed by atoms with Gasteiger partial charge in [0.25, 0.3) is 0 Å².